The summed E-state index contributed by atoms with van der Waals surface area (Å²) in [5.74, 6) is 4.96. The Balaban J connectivity index is 0.000000138. The fourth-order valence-corrected chi connectivity index (χ4v) is 15.4. The van der Waals surface area contributed by atoms with Crippen LogP contribution in [0, 0.1) is 0 Å². The molecule has 12 aromatic carbocycles. The summed E-state index contributed by atoms with van der Waals surface area (Å²) in [7, 11) is 3.35. The molecule has 4 aliphatic rings. The largest absolute Gasteiger partial charge is 0.507 e. The van der Waals surface area contributed by atoms with Crippen molar-refractivity contribution in [3.8, 4) is 69.0 Å². The first-order valence-electron chi connectivity index (χ1n) is 37.1. The van der Waals surface area contributed by atoms with Crippen molar-refractivity contribution < 1.29 is 74.0 Å². The molecule has 0 saturated carbocycles. The first-order chi connectivity index (χ1) is 53.3. The number of rotatable bonds is 2. The van der Waals surface area contributed by atoms with Gasteiger partial charge in [-0.15, -0.1) is 0 Å². The van der Waals surface area contributed by atoms with Crippen molar-refractivity contribution in [1.29, 1.82) is 0 Å². The zero-order valence-electron chi connectivity index (χ0n) is 61.4. The molecule has 0 spiro atoms. The maximum Gasteiger partial charge on any atom is 0.126 e. The second-order valence-corrected chi connectivity index (χ2v) is 28.1. The second-order valence-electron chi connectivity index (χ2n) is 28.1. The van der Waals surface area contributed by atoms with Crippen LogP contribution in [0.25, 0.3) is 0 Å². The molecule has 0 atom stereocenters. The third-order valence-corrected chi connectivity index (χ3v) is 21.0. The number of para-hydroxylation sites is 12. The maximum atomic E-state index is 11.5. The molecule has 556 valence electrons. The number of fused-ring (bicyclic) bond motifs is 18. The molecule has 0 fully saturated rings. The predicted octanol–water partition coefficient (Wildman–Crippen LogP) is 16.6. The molecule has 0 unspecified atom stereocenters. The van der Waals surface area contributed by atoms with Crippen LogP contribution in [-0.2, 0) is 91.3 Å². The number of phenolic OH excluding ortho intramolecular Hbond substituents is 8. The lowest BCUT2D eigenvalue weighted by Crippen LogP contribution is -2.15. The van der Waals surface area contributed by atoms with E-state index >= 15 is 0 Å². The first-order valence-corrected chi connectivity index (χ1v) is 37.1. The molecule has 15 heteroatoms. The summed E-state index contributed by atoms with van der Waals surface area (Å²) in [4.78, 5) is 0. The van der Waals surface area contributed by atoms with Crippen LogP contribution in [0.4, 0.5) is 0 Å². The van der Waals surface area contributed by atoms with Crippen molar-refractivity contribution in [1.82, 2.24) is 0 Å². The van der Waals surface area contributed by atoms with Crippen LogP contribution in [0.1, 0.15) is 134 Å². The Morgan fingerprint density at radius 2 is 0.312 bits per heavy atom. The summed E-state index contributed by atoms with van der Waals surface area (Å²) in [6.45, 7) is 3.42. The van der Waals surface area contributed by atoms with Crippen molar-refractivity contribution in [2.45, 2.75) is 77.0 Å². The maximum absolute atomic E-state index is 11.5. The van der Waals surface area contributed by atoms with Crippen LogP contribution in [0.15, 0.2) is 218 Å². The van der Waals surface area contributed by atoms with E-state index in [1.807, 2.05) is 218 Å². The summed E-state index contributed by atoms with van der Waals surface area (Å²) in [6.07, 6.45) is 5.62. The Kier molecular flexibility index (Phi) is 23.3. The van der Waals surface area contributed by atoms with Gasteiger partial charge in [0.1, 0.15) is 82.2 Å². The van der Waals surface area contributed by atoms with Gasteiger partial charge in [0, 0.05) is 77.0 Å². The molecule has 26 bridgehead atoms. The number of methoxy groups -OCH3 is 2. The Hall–Kier alpha value is -11.9. The van der Waals surface area contributed by atoms with Gasteiger partial charge in [-0.3, -0.25) is 0 Å². The molecule has 8 N–H and O–H groups in total. The van der Waals surface area contributed by atoms with Gasteiger partial charge >= 0.3 is 0 Å². The Morgan fingerprint density at radius 1 is 0.183 bits per heavy atom. The average Bonchev–Trinajstić information content (AvgIpc) is 0.804. The van der Waals surface area contributed by atoms with Crippen LogP contribution in [0.2, 0.25) is 0 Å². The number of hydrogen-bond donors (Lipinski definition) is 8. The third kappa shape index (κ3) is 17.0. The summed E-state index contributed by atoms with van der Waals surface area (Å²) in [6, 6.07) is 70.2. The zero-order chi connectivity index (χ0) is 75.3. The van der Waals surface area contributed by atoms with Gasteiger partial charge in [0.05, 0.1) is 53.9 Å². The number of phenols is 8. The van der Waals surface area contributed by atoms with Crippen molar-refractivity contribution in [2.24, 2.45) is 0 Å². The van der Waals surface area contributed by atoms with Gasteiger partial charge in [0.2, 0.25) is 0 Å². The minimum absolute atomic E-state index is 0.178. The number of benzene rings is 12. The molecule has 15 nitrogen and oxygen atoms in total. The minimum atomic E-state index is 0.178. The van der Waals surface area contributed by atoms with E-state index in [0.29, 0.717) is 186 Å². The Labute approximate surface area is 635 Å². The highest BCUT2D eigenvalue weighted by Gasteiger charge is 2.25. The fourth-order valence-electron chi connectivity index (χ4n) is 15.4. The summed E-state index contributed by atoms with van der Waals surface area (Å²) < 4.78 is 41.6. The summed E-state index contributed by atoms with van der Waals surface area (Å²) in [5.41, 5.74) is 20.2. The molecular weight excluding hydrogens is 1370 g/mol. The van der Waals surface area contributed by atoms with Crippen molar-refractivity contribution >= 4 is 0 Å². The van der Waals surface area contributed by atoms with Gasteiger partial charge in [-0.25, -0.2) is 0 Å². The highest BCUT2D eigenvalue weighted by Crippen LogP contribution is 2.43. The number of hydrogen-bond acceptors (Lipinski definition) is 15. The lowest BCUT2D eigenvalue weighted by molar-refractivity contribution is 0.00484. The quantitative estimate of drug-likeness (QED) is 0.0805. The lowest BCUT2D eigenvalue weighted by atomic mass is 9.91. The average molecular weight is 1460 g/mol. The molecule has 16 rings (SSSR count). The van der Waals surface area contributed by atoms with Gasteiger partial charge in [-0.05, 0) is 134 Å². The van der Waals surface area contributed by atoms with Gasteiger partial charge < -0.3 is 74.0 Å². The van der Waals surface area contributed by atoms with E-state index in [9.17, 15) is 40.9 Å². The van der Waals surface area contributed by atoms with E-state index < -0.39 is 0 Å². The molecule has 3 aliphatic carbocycles. The van der Waals surface area contributed by atoms with Crippen LogP contribution >= 0.6 is 0 Å². The molecule has 1 heterocycles. The molecule has 0 amide bonds. The standard InChI is InChI=1S/C36H38O7.C30H28O4.C28H24O4/c37-33-25-5-1-6-26(33)22-30-10-4-12-32-24-28-8-2-7-27(34(28)38)23-31-11-3-9-29(21-25)35(31)42-19-17-40-15-13-39-14-16-41-18-20-43-36(30)32;1-33-29-23-11-5-12-24(29)16-20-8-4-10-22(28(20)32)18-26-14-6-13-25(30(26)34-2)17-21-9-3-7-19(15-23)27(21)31;29-25-17-5-1-6-18(25)14-20-8-3-10-22(27(20)31)16-24-12-4-11-23(28(24)32)15-21-9-2-7-19(13-17)26(21)30/h1-12,37-38H,13-24H2;3-14,31-32H,15-18H2,1-2H3;1-12,29-32H,13-16H2. The Morgan fingerprint density at radius 3 is 0.477 bits per heavy atom. The predicted molar refractivity (Wildman–Crippen MR) is 421 cm³/mol. The molecule has 0 aromatic heterocycles. The third-order valence-electron chi connectivity index (χ3n) is 21.0. The topological polar surface area (TPSA) is 226 Å². The number of aromatic hydroxyl groups is 8. The highest BCUT2D eigenvalue weighted by atomic mass is 16.6. The van der Waals surface area contributed by atoms with Crippen LogP contribution in [0.3, 0.4) is 0 Å². The SMILES string of the molecule is COc1c2cccc1Cc1cccc(c1O)Cc1cccc(c1OC)Cc1cccc(c1O)C2.Oc1c2cccc1Cc1cccc(c1O)Cc1cccc(c1O)Cc1cccc(c1O)C2.Oc1c2cccc1Cc1cccc3c1OCCOCCOCCOCCOc1c(cccc1Cc1cccc(c1O)C3)C2. The monoisotopic (exact) mass is 1460 g/mol. The van der Waals surface area contributed by atoms with Crippen LogP contribution < -0.4 is 18.9 Å². The van der Waals surface area contributed by atoms with Crippen molar-refractivity contribution in [2.75, 3.05) is 67.1 Å². The Bertz CT molecular complexity index is 4580. The van der Waals surface area contributed by atoms with E-state index in [-0.39, 0.29) is 34.5 Å². The summed E-state index contributed by atoms with van der Waals surface area (Å²) >= 11 is 0. The highest BCUT2D eigenvalue weighted by molar-refractivity contribution is 5.60. The molecule has 0 radical (unpaired) electrons. The summed E-state index contributed by atoms with van der Waals surface area (Å²) in [5, 5.41) is 89.1. The van der Waals surface area contributed by atoms with Gasteiger partial charge in [0.15, 0.2) is 0 Å². The zero-order valence-corrected chi connectivity index (χ0v) is 61.4. The van der Waals surface area contributed by atoms with E-state index in [4.69, 9.17) is 33.2 Å². The van der Waals surface area contributed by atoms with E-state index in [1.165, 1.54) is 0 Å². The van der Waals surface area contributed by atoms with E-state index in [2.05, 4.69) is 0 Å². The van der Waals surface area contributed by atoms with Crippen LogP contribution in [-0.4, -0.2) is 108 Å². The van der Waals surface area contributed by atoms with Crippen molar-refractivity contribution in [3.63, 3.8) is 0 Å². The number of ether oxygens (including phenoxy) is 7. The van der Waals surface area contributed by atoms with Crippen molar-refractivity contribution in [3.05, 3.63) is 352 Å². The molecule has 1 aliphatic heterocycles. The molecule has 0 saturated heterocycles. The smallest absolute Gasteiger partial charge is 0.126 e. The molecule has 12 aromatic rings. The molecular formula is C94H90O15. The normalized spacial score (nSPS) is 14.3. The first kappa shape index (κ1) is 74.0. The minimum Gasteiger partial charge on any atom is -0.507 e. The fraction of sp³-hybridized carbons (Fsp3) is 0.234. The van der Waals surface area contributed by atoms with Gasteiger partial charge in [0.25, 0.3) is 0 Å². The van der Waals surface area contributed by atoms with Crippen LogP contribution in [0.5, 0.6) is 69.0 Å². The van der Waals surface area contributed by atoms with E-state index in [0.717, 1.165) is 112 Å². The van der Waals surface area contributed by atoms with Gasteiger partial charge in [-0.2, -0.15) is 0 Å². The second kappa shape index (κ2) is 34.3. The van der Waals surface area contributed by atoms with Gasteiger partial charge in [-0.1, -0.05) is 218 Å². The molecule has 109 heavy (non-hydrogen) atoms. The van der Waals surface area contributed by atoms with E-state index in [1.54, 1.807) is 14.2 Å². The lowest BCUT2D eigenvalue weighted by Gasteiger charge is -2.20.